The summed E-state index contributed by atoms with van der Waals surface area (Å²) >= 11 is 0. The second-order valence-electron chi connectivity index (χ2n) is 4.71. The van der Waals surface area contributed by atoms with Gasteiger partial charge in [0.2, 0.25) is 0 Å². The first-order valence-electron chi connectivity index (χ1n) is 6.88. The van der Waals surface area contributed by atoms with Gasteiger partial charge in [0, 0.05) is 6.92 Å². The highest BCUT2D eigenvalue weighted by Gasteiger charge is 2.35. The van der Waals surface area contributed by atoms with Gasteiger partial charge in [0.1, 0.15) is 17.8 Å². The molecular formula is C16H20O7. The van der Waals surface area contributed by atoms with Gasteiger partial charge in [-0.05, 0) is 17.7 Å². The van der Waals surface area contributed by atoms with Crippen LogP contribution in [0.15, 0.2) is 24.3 Å². The van der Waals surface area contributed by atoms with Crippen LogP contribution >= 0.6 is 0 Å². The summed E-state index contributed by atoms with van der Waals surface area (Å²) in [5.41, 5.74) is 0.542. The molecule has 126 valence electrons. The van der Waals surface area contributed by atoms with Crippen LogP contribution in [0.2, 0.25) is 0 Å². The van der Waals surface area contributed by atoms with Crippen LogP contribution in [0.5, 0.6) is 5.75 Å². The van der Waals surface area contributed by atoms with Gasteiger partial charge in [-0.2, -0.15) is 0 Å². The Morgan fingerprint density at radius 1 is 1.00 bits per heavy atom. The molecule has 7 nitrogen and oxygen atoms in total. The topological polar surface area (TPSA) is 88.1 Å². The second-order valence-corrected chi connectivity index (χ2v) is 4.71. The van der Waals surface area contributed by atoms with Gasteiger partial charge >= 0.3 is 17.9 Å². The molecule has 0 aliphatic rings. The highest BCUT2D eigenvalue weighted by Crippen LogP contribution is 2.31. The highest BCUT2D eigenvalue weighted by atomic mass is 16.6. The Labute approximate surface area is 134 Å². The van der Waals surface area contributed by atoms with Crippen molar-refractivity contribution in [3.63, 3.8) is 0 Å². The highest BCUT2D eigenvalue weighted by molar-refractivity contribution is 5.81. The second kappa shape index (κ2) is 8.77. The Morgan fingerprint density at radius 2 is 1.61 bits per heavy atom. The number of ether oxygens (including phenoxy) is 4. The van der Waals surface area contributed by atoms with Crippen LogP contribution in [0.4, 0.5) is 0 Å². The average Bonchev–Trinajstić information content (AvgIpc) is 2.56. The number of rotatable bonds is 7. The first-order valence-corrected chi connectivity index (χ1v) is 6.88. The fourth-order valence-corrected chi connectivity index (χ4v) is 2.08. The van der Waals surface area contributed by atoms with E-state index in [2.05, 4.69) is 4.74 Å². The lowest BCUT2D eigenvalue weighted by Gasteiger charge is -2.24. The molecular weight excluding hydrogens is 304 g/mol. The number of hydrogen-bond acceptors (Lipinski definition) is 7. The van der Waals surface area contributed by atoms with Crippen molar-refractivity contribution >= 4 is 17.9 Å². The predicted octanol–water partition coefficient (Wildman–Crippen LogP) is 1.65. The number of hydrogen-bond donors (Lipinski definition) is 0. The third kappa shape index (κ3) is 5.28. The van der Waals surface area contributed by atoms with E-state index in [1.54, 1.807) is 24.3 Å². The number of esters is 3. The molecule has 0 N–H and O–H groups in total. The summed E-state index contributed by atoms with van der Waals surface area (Å²) < 4.78 is 19.6. The van der Waals surface area contributed by atoms with E-state index in [0.717, 1.165) is 0 Å². The minimum absolute atomic E-state index is 0.271. The van der Waals surface area contributed by atoms with E-state index in [1.165, 1.54) is 28.3 Å². The molecule has 23 heavy (non-hydrogen) atoms. The molecule has 0 spiro atoms. The molecule has 1 aromatic rings. The SMILES string of the molecule is COC(=O)C[C@@H](C(=O)OC)[C@@H](OC(C)=O)c1ccc(OC)cc1. The monoisotopic (exact) mass is 324 g/mol. The Hall–Kier alpha value is -2.57. The molecule has 2 atom stereocenters. The molecule has 1 rings (SSSR count). The summed E-state index contributed by atoms with van der Waals surface area (Å²) in [5.74, 6) is -2.25. The van der Waals surface area contributed by atoms with Crippen molar-refractivity contribution < 1.29 is 33.3 Å². The minimum atomic E-state index is -1.01. The zero-order valence-corrected chi connectivity index (χ0v) is 13.5. The van der Waals surface area contributed by atoms with Crippen molar-refractivity contribution in [2.75, 3.05) is 21.3 Å². The minimum Gasteiger partial charge on any atom is -0.497 e. The Balaban J connectivity index is 3.18. The molecule has 0 aliphatic carbocycles. The molecule has 0 aliphatic heterocycles. The van der Waals surface area contributed by atoms with Gasteiger partial charge in [0.15, 0.2) is 0 Å². The lowest BCUT2D eigenvalue weighted by Crippen LogP contribution is -2.29. The summed E-state index contributed by atoms with van der Waals surface area (Å²) in [7, 11) is 3.93. The van der Waals surface area contributed by atoms with Gasteiger partial charge < -0.3 is 18.9 Å². The van der Waals surface area contributed by atoms with Gasteiger partial charge in [-0.1, -0.05) is 12.1 Å². The van der Waals surface area contributed by atoms with E-state index in [9.17, 15) is 14.4 Å². The first kappa shape index (κ1) is 18.5. The zero-order valence-electron chi connectivity index (χ0n) is 13.5. The summed E-state index contributed by atoms with van der Waals surface area (Å²) in [6, 6.07) is 6.63. The van der Waals surface area contributed by atoms with E-state index >= 15 is 0 Å². The largest absolute Gasteiger partial charge is 0.497 e. The van der Waals surface area contributed by atoms with E-state index in [4.69, 9.17) is 14.2 Å². The van der Waals surface area contributed by atoms with Crippen molar-refractivity contribution in [1.29, 1.82) is 0 Å². The molecule has 1 aromatic carbocycles. The molecule has 0 saturated carbocycles. The van der Waals surface area contributed by atoms with Gasteiger partial charge in [0.05, 0.1) is 27.8 Å². The molecule has 0 amide bonds. The molecule has 0 bridgehead atoms. The summed E-state index contributed by atoms with van der Waals surface area (Å²) in [5, 5.41) is 0. The van der Waals surface area contributed by atoms with E-state index in [1.807, 2.05) is 0 Å². The summed E-state index contributed by atoms with van der Waals surface area (Å²) in [6.07, 6.45) is -1.24. The Kier molecular flexibility index (Phi) is 7.05. The van der Waals surface area contributed by atoms with Gasteiger partial charge in [-0.15, -0.1) is 0 Å². The lowest BCUT2D eigenvalue weighted by atomic mass is 9.92. The predicted molar refractivity (Wildman–Crippen MR) is 79.6 cm³/mol. The standard InChI is InChI=1S/C16H20O7/c1-10(17)23-15(11-5-7-12(20-2)8-6-11)13(16(19)22-4)9-14(18)21-3/h5-8,13,15H,9H2,1-4H3/t13-,15+/m1/s1. The van der Waals surface area contributed by atoms with Crippen LogP contribution in [0.1, 0.15) is 25.0 Å². The zero-order chi connectivity index (χ0) is 17.4. The van der Waals surface area contributed by atoms with Crippen LogP contribution in [0.25, 0.3) is 0 Å². The van der Waals surface area contributed by atoms with Crippen LogP contribution in [0.3, 0.4) is 0 Å². The summed E-state index contributed by atoms with van der Waals surface area (Å²) in [4.78, 5) is 35.0. The molecule has 7 heteroatoms. The maximum Gasteiger partial charge on any atom is 0.313 e. The maximum absolute atomic E-state index is 12.0. The first-order chi connectivity index (χ1) is 10.9. The quantitative estimate of drug-likeness (QED) is 0.556. The van der Waals surface area contributed by atoms with E-state index in [-0.39, 0.29) is 6.42 Å². The lowest BCUT2D eigenvalue weighted by molar-refractivity contribution is -0.164. The smallest absolute Gasteiger partial charge is 0.313 e. The van der Waals surface area contributed by atoms with Crippen molar-refractivity contribution in [3.05, 3.63) is 29.8 Å². The number of carbonyl (C=O) groups is 3. The normalized spacial score (nSPS) is 12.7. The third-order valence-electron chi connectivity index (χ3n) is 3.22. The van der Waals surface area contributed by atoms with Crippen LogP contribution in [-0.4, -0.2) is 39.2 Å². The molecule has 0 fully saturated rings. The van der Waals surface area contributed by atoms with Gasteiger partial charge in [-0.3, -0.25) is 14.4 Å². The van der Waals surface area contributed by atoms with E-state index < -0.39 is 29.9 Å². The van der Waals surface area contributed by atoms with Crippen LogP contribution < -0.4 is 4.74 Å². The average molecular weight is 324 g/mol. The number of carbonyl (C=O) groups excluding carboxylic acids is 3. The van der Waals surface area contributed by atoms with E-state index in [0.29, 0.717) is 11.3 Å². The molecule has 0 saturated heterocycles. The van der Waals surface area contributed by atoms with Crippen molar-refractivity contribution in [1.82, 2.24) is 0 Å². The Morgan fingerprint density at radius 3 is 2.04 bits per heavy atom. The van der Waals surface area contributed by atoms with Crippen LogP contribution in [-0.2, 0) is 28.6 Å². The third-order valence-corrected chi connectivity index (χ3v) is 3.22. The molecule has 0 unspecified atom stereocenters. The van der Waals surface area contributed by atoms with Crippen molar-refractivity contribution in [3.8, 4) is 5.75 Å². The molecule has 0 aromatic heterocycles. The fraction of sp³-hybridized carbons (Fsp3) is 0.438. The van der Waals surface area contributed by atoms with Crippen molar-refractivity contribution in [2.45, 2.75) is 19.4 Å². The summed E-state index contributed by atoms with van der Waals surface area (Å²) in [6.45, 7) is 1.23. The van der Waals surface area contributed by atoms with Gasteiger partial charge in [-0.25, -0.2) is 0 Å². The van der Waals surface area contributed by atoms with Crippen molar-refractivity contribution in [2.24, 2.45) is 5.92 Å². The van der Waals surface area contributed by atoms with Gasteiger partial charge in [0.25, 0.3) is 0 Å². The maximum atomic E-state index is 12.0. The number of benzene rings is 1. The van der Waals surface area contributed by atoms with Crippen LogP contribution in [0, 0.1) is 5.92 Å². The molecule has 0 heterocycles. The number of methoxy groups -OCH3 is 3. The molecule has 0 radical (unpaired) electrons. The Bertz CT molecular complexity index is 550. The fourth-order valence-electron chi connectivity index (χ4n) is 2.08.